The van der Waals surface area contributed by atoms with Crippen LogP contribution in [-0.2, 0) is 12.6 Å². The lowest BCUT2D eigenvalue weighted by molar-refractivity contribution is -0.140. The van der Waals surface area contributed by atoms with Crippen molar-refractivity contribution in [1.82, 2.24) is 10.2 Å². The Morgan fingerprint density at radius 1 is 1.08 bits per heavy atom. The zero-order valence-corrected chi connectivity index (χ0v) is 19.8. The number of benzene rings is 3. The first kappa shape index (κ1) is 26.4. The van der Waals surface area contributed by atoms with Gasteiger partial charge in [-0.15, -0.1) is 0 Å². The molecule has 0 bridgehead atoms. The maximum Gasteiger partial charge on any atom is 0.419 e. The molecule has 1 unspecified atom stereocenters. The van der Waals surface area contributed by atoms with Crippen molar-refractivity contribution in [2.45, 2.75) is 31.2 Å². The van der Waals surface area contributed by atoms with Gasteiger partial charge in [0.2, 0.25) is 0 Å². The van der Waals surface area contributed by atoms with Crippen molar-refractivity contribution in [2.75, 3.05) is 20.2 Å². The van der Waals surface area contributed by atoms with Crippen LogP contribution < -0.4 is 10.1 Å². The number of rotatable bonds is 6. The van der Waals surface area contributed by atoms with Crippen LogP contribution in [-0.4, -0.2) is 37.3 Å². The van der Waals surface area contributed by atoms with Crippen LogP contribution in [0.15, 0.2) is 60.7 Å². The molecule has 10 heteroatoms. The Morgan fingerprint density at radius 3 is 2.43 bits per heavy atom. The average Bonchev–Trinajstić information content (AvgIpc) is 3.31. The van der Waals surface area contributed by atoms with E-state index in [1.165, 1.54) is 30.2 Å². The minimum absolute atomic E-state index is 0.0290. The number of amides is 2. The number of halogens is 6. The molecular formula is C27H24F6N2O2. The van der Waals surface area contributed by atoms with Crippen molar-refractivity contribution in [3.8, 4) is 16.9 Å². The van der Waals surface area contributed by atoms with E-state index in [1.54, 1.807) is 36.4 Å². The largest absolute Gasteiger partial charge is 0.497 e. The first-order valence-corrected chi connectivity index (χ1v) is 11.6. The highest BCUT2D eigenvalue weighted by molar-refractivity contribution is 5.77. The van der Waals surface area contributed by atoms with E-state index in [0.717, 1.165) is 0 Å². The van der Waals surface area contributed by atoms with Gasteiger partial charge in [-0.1, -0.05) is 42.5 Å². The summed E-state index contributed by atoms with van der Waals surface area (Å²) in [7, 11) is 1.36. The second kappa shape index (κ2) is 10.7. The third kappa shape index (κ3) is 5.84. The lowest BCUT2D eigenvalue weighted by Crippen LogP contribution is -2.41. The van der Waals surface area contributed by atoms with Gasteiger partial charge >= 0.3 is 12.2 Å². The van der Waals surface area contributed by atoms with E-state index in [1.807, 2.05) is 0 Å². The van der Waals surface area contributed by atoms with Crippen molar-refractivity contribution >= 4 is 6.03 Å². The molecule has 1 aliphatic heterocycles. The number of methoxy groups -OCH3 is 1. The first-order chi connectivity index (χ1) is 17.6. The molecule has 3 aromatic rings. The molecule has 1 heterocycles. The van der Waals surface area contributed by atoms with Gasteiger partial charge in [-0.3, -0.25) is 0 Å². The number of nitrogens with one attached hydrogen (secondary N) is 1. The number of carbonyl (C=O) groups is 1. The summed E-state index contributed by atoms with van der Waals surface area (Å²) in [6, 6.07) is 13.0. The number of hydrogen-bond acceptors (Lipinski definition) is 2. The molecule has 0 aliphatic carbocycles. The van der Waals surface area contributed by atoms with Gasteiger partial charge in [-0.2, -0.15) is 13.2 Å². The fraction of sp³-hybridized carbons (Fsp3) is 0.296. The monoisotopic (exact) mass is 522 g/mol. The molecule has 37 heavy (non-hydrogen) atoms. The fourth-order valence-electron chi connectivity index (χ4n) is 4.43. The first-order valence-electron chi connectivity index (χ1n) is 11.6. The van der Waals surface area contributed by atoms with Crippen molar-refractivity contribution < 1.29 is 35.9 Å². The molecule has 0 radical (unpaired) electrons. The second-order valence-electron chi connectivity index (χ2n) is 8.77. The summed E-state index contributed by atoms with van der Waals surface area (Å²) in [5.41, 5.74) is -1.80. The van der Waals surface area contributed by atoms with E-state index in [9.17, 15) is 26.7 Å². The maximum atomic E-state index is 15.5. The summed E-state index contributed by atoms with van der Waals surface area (Å²) in [4.78, 5) is 14.2. The van der Waals surface area contributed by atoms with Crippen LogP contribution in [0.3, 0.4) is 0 Å². The van der Waals surface area contributed by atoms with Crippen LogP contribution in [0.25, 0.3) is 11.1 Å². The summed E-state index contributed by atoms with van der Waals surface area (Å²) >= 11 is 0. The fourth-order valence-corrected chi connectivity index (χ4v) is 4.43. The van der Waals surface area contributed by atoms with Gasteiger partial charge in [0.05, 0.1) is 25.3 Å². The smallest absolute Gasteiger partial charge is 0.419 e. The van der Waals surface area contributed by atoms with Gasteiger partial charge in [0.1, 0.15) is 11.9 Å². The Bertz CT molecular complexity index is 1270. The molecule has 3 aromatic carbocycles. The molecule has 196 valence electrons. The van der Waals surface area contributed by atoms with Crippen molar-refractivity contribution in [1.29, 1.82) is 0 Å². The summed E-state index contributed by atoms with van der Waals surface area (Å²) in [6.07, 6.45) is -6.30. The molecule has 0 spiro atoms. The maximum absolute atomic E-state index is 15.5. The van der Waals surface area contributed by atoms with Crippen LogP contribution in [0.2, 0.25) is 0 Å². The summed E-state index contributed by atoms with van der Waals surface area (Å²) in [5, 5.41) is 2.64. The number of hydrogen-bond donors (Lipinski definition) is 1. The van der Waals surface area contributed by atoms with Crippen LogP contribution in [0.1, 0.15) is 29.2 Å². The van der Waals surface area contributed by atoms with E-state index in [2.05, 4.69) is 5.32 Å². The Hall–Kier alpha value is -3.69. The highest BCUT2D eigenvalue weighted by Gasteiger charge is 2.39. The number of carbonyl (C=O) groups excluding carboxylic acids is 1. The van der Waals surface area contributed by atoms with Crippen molar-refractivity contribution in [3.63, 3.8) is 0 Å². The van der Waals surface area contributed by atoms with E-state index in [-0.39, 0.29) is 42.8 Å². The second-order valence-corrected chi connectivity index (χ2v) is 8.77. The highest BCUT2D eigenvalue weighted by atomic mass is 19.4. The van der Waals surface area contributed by atoms with Crippen LogP contribution in [0.4, 0.5) is 31.1 Å². The Labute approximate surface area is 209 Å². The van der Waals surface area contributed by atoms with Crippen LogP contribution in [0.5, 0.6) is 5.75 Å². The number of nitrogens with zero attached hydrogens (tertiary/aromatic N) is 1. The molecule has 1 N–H and O–H groups in total. The molecule has 2 amide bonds. The van der Waals surface area contributed by atoms with Crippen LogP contribution in [0, 0.1) is 11.6 Å². The molecule has 1 saturated heterocycles. The number of ether oxygens (including phenoxy) is 1. The molecule has 1 aliphatic rings. The van der Waals surface area contributed by atoms with Crippen LogP contribution >= 0.6 is 0 Å². The van der Waals surface area contributed by atoms with Gasteiger partial charge in [-0.05, 0) is 47.7 Å². The predicted octanol–water partition coefficient (Wildman–Crippen LogP) is 6.70. The minimum atomic E-state index is -5.19. The Balaban J connectivity index is 1.90. The lowest BCUT2D eigenvalue weighted by Gasteiger charge is -2.27. The highest BCUT2D eigenvalue weighted by Crippen LogP contribution is 2.41. The Morgan fingerprint density at radius 2 is 1.81 bits per heavy atom. The van der Waals surface area contributed by atoms with Gasteiger partial charge in [-0.25, -0.2) is 18.0 Å². The van der Waals surface area contributed by atoms with Crippen molar-refractivity contribution in [2.24, 2.45) is 0 Å². The average molecular weight is 522 g/mol. The minimum Gasteiger partial charge on any atom is -0.497 e. The predicted molar refractivity (Wildman–Crippen MR) is 126 cm³/mol. The van der Waals surface area contributed by atoms with Gasteiger partial charge < -0.3 is 15.0 Å². The normalized spacial score (nSPS) is 16.5. The third-order valence-corrected chi connectivity index (χ3v) is 6.27. The topological polar surface area (TPSA) is 41.6 Å². The number of urea groups is 1. The van der Waals surface area contributed by atoms with Crippen molar-refractivity contribution in [3.05, 3.63) is 89.0 Å². The summed E-state index contributed by atoms with van der Waals surface area (Å²) < 4.78 is 90.4. The zero-order chi connectivity index (χ0) is 26.7. The number of likely N-dealkylation sites (tertiary alicyclic amines) is 1. The van der Waals surface area contributed by atoms with Gasteiger partial charge in [0, 0.05) is 12.1 Å². The zero-order valence-electron chi connectivity index (χ0n) is 19.8. The molecule has 4 nitrogen and oxygen atoms in total. The Kier molecular flexibility index (Phi) is 7.65. The lowest BCUT2D eigenvalue weighted by atomic mass is 9.88. The van der Waals surface area contributed by atoms with Gasteiger partial charge in [0.25, 0.3) is 0 Å². The molecule has 0 saturated carbocycles. The SMILES string of the molecule is COc1cccc(-c2c([C@@H](Cc3ccccc3)NC(=O)N3CCC(F)C3)cc(C(F)(F)F)c(F)c2F)c1. The molecule has 0 aromatic heterocycles. The summed E-state index contributed by atoms with van der Waals surface area (Å²) in [6.45, 7) is -0.0441. The quantitative estimate of drug-likeness (QED) is 0.366. The molecule has 1 fully saturated rings. The number of alkyl halides is 4. The van der Waals surface area contributed by atoms with E-state index in [0.29, 0.717) is 11.6 Å². The molecule has 2 atom stereocenters. The van der Waals surface area contributed by atoms with Gasteiger partial charge in [0.15, 0.2) is 11.6 Å². The molecule has 4 rings (SSSR count). The van der Waals surface area contributed by atoms with E-state index < -0.39 is 47.2 Å². The summed E-state index contributed by atoms with van der Waals surface area (Å²) in [5.74, 6) is -3.47. The van der Waals surface area contributed by atoms with E-state index >= 15 is 4.39 Å². The standard InChI is InChI=1S/C27H24F6N2O2/c1-37-19-9-5-8-17(13-19)23-20(14-21(27(31,32)33)24(29)25(23)30)22(12-16-6-3-2-4-7-16)34-26(36)35-11-10-18(28)15-35/h2-9,13-14,18,22H,10-12,15H2,1H3,(H,34,36)/t18?,22-/m1/s1. The third-order valence-electron chi connectivity index (χ3n) is 6.27. The molecular weight excluding hydrogens is 498 g/mol. The van der Waals surface area contributed by atoms with E-state index in [4.69, 9.17) is 4.74 Å².